The van der Waals surface area contributed by atoms with Crippen molar-refractivity contribution in [1.29, 1.82) is 0 Å². The molecule has 2 unspecified atom stereocenters. The van der Waals surface area contributed by atoms with E-state index >= 15 is 0 Å². The van der Waals surface area contributed by atoms with Gasteiger partial charge in [0, 0.05) is 17.3 Å². The molecule has 5 heteroatoms. The number of fused-ring (bicyclic) bond motifs is 1. The molecular weight excluding hydrogens is 286 g/mol. The van der Waals surface area contributed by atoms with Crippen molar-refractivity contribution in [2.75, 3.05) is 0 Å². The number of hydrogen-bond donors (Lipinski definition) is 2. The number of aliphatic carboxylic acids is 1. The summed E-state index contributed by atoms with van der Waals surface area (Å²) in [5.74, 6) is -0.192. The van der Waals surface area contributed by atoms with Crippen LogP contribution < -0.4 is 10.5 Å². The van der Waals surface area contributed by atoms with Crippen molar-refractivity contribution in [3.05, 3.63) is 27.7 Å². The van der Waals surface area contributed by atoms with Gasteiger partial charge in [-0.2, -0.15) is 0 Å². The highest BCUT2D eigenvalue weighted by atomic mass is 79.9. The Bertz CT molecular complexity index is 461. The summed E-state index contributed by atoms with van der Waals surface area (Å²) in [5.41, 5.74) is 7.52. The van der Waals surface area contributed by atoms with Crippen LogP contribution in [0.1, 0.15) is 18.1 Å². The molecule has 0 radical (unpaired) electrons. The molecule has 0 spiro atoms. The number of carboxylic acids is 1. The van der Waals surface area contributed by atoms with Crippen LogP contribution in [0.5, 0.6) is 5.75 Å². The number of carboxylic acid groups (broad SMARTS) is 1. The van der Waals surface area contributed by atoms with E-state index < -0.39 is 12.0 Å². The van der Waals surface area contributed by atoms with Gasteiger partial charge in [0.1, 0.15) is 17.9 Å². The van der Waals surface area contributed by atoms with E-state index in [0.29, 0.717) is 0 Å². The number of halogens is 1. The number of nitrogens with two attached hydrogens (primary N) is 1. The average Bonchev–Trinajstić information content (AvgIpc) is 2.58. The lowest BCUT2D eigenvalue weighted by molar-refractivity contribution is -0.138. The van der Waals surface area contributed by atoms with E-state index in [0.717, 1.165) is 27.8 Å². The van der Waals surface area contributed by atoms with E-state index in [1.165, 1.54) is 0 Å². The highest BCUT2D eigenvalue weighted by Gasteiger charge is 2.24. The van der Waals surface area contributed by atoms with Crippen LogP contribution in [0.2, 0.25) is 0 Å². The van der Waals surface area contributed by atoms with Gasteiger partial charge in [-0.3, -0.25) is 4.79 Å². The van der Waals surface area contributed by atoms with Gasteiger partial charge in [-0.05, 0) is 30.2 Å². The number of hydrogen-bond acceptors (Lipinski definition) is 3. The molecule has 92 valence electrons. The minimum absolute atomic E-state index is 0.138. The Morgan fingerprint density at radius 3 is 3.06 bits per heavy atom. The van der Waals surface area contributed by atoms with Crippen molar-refractivity contribution in [2.24, 2.45) is 5.73 Å². The molecule has 0 aromatic heterocycles. The average molecular weight is 300 g/mol. The number of rotatable bonds is 3. The first kappa shape index (κ1) is 12.4. The third-order valence-electron chi connectivity index (χ3n) is 2.79. The molecular formula is C12H14BrNO3. The summed E-state index contributed by atoms with van der Waals surface area (Å²) < 4.78 is 6.64. The molecule has 0 saturated carbocycles. The van der Waals surface area contributed by atoms with Crippen molar-refractivity contribution in [3.63, 3.8) is 0 Å². The maximum atomic E-state index is 10.8. The second-order valence-electron chi connectivity index (χ2n) is 4.33. The fraction of sp³-hybridized carbons (Fsp3) is 0.417. The van der Waals surface area contributed by atoms with Crippen LogP contribution in [-0.2, 0) is 17.6 Å². The molecule has 2 atom stereocenters. The molecule has 0 saturated heterocycles. The number of carbonyl (C=O) groups is 1. The molecule has 3 N–H and O–H groups in total. The summed E-state index contributed by atoms with van der Waals surface area (Å²) >= 11 is 3.42. The first-order valence-corrected chi connectivity index (χ1v) is 6.23. The van der Waals surface area contributed by atoms with Crippen LogP contribution in [0.25, 0.3) is 0 Å². The molecule has 4 nitrogen and oxygen atoms in total. The van der Waals surface area contributed by atoms with E-state index in [4.69, 9.17) is 15.6 Å². The second-order valence-corrected chi connectivity index (χ2v) is 5.25. The van der Waals surface area contributed by atoms with E-state index in [1.807, 2.05) is 19.1 Å². The first-order valence-electron chi connectivity index (χ1n) is 5.43. The fourth-order valence-corrected chi connectivity index (χ4v) is 2.60. The maximum Gasteiger partial charge on any atom is 0.320 e. The lowest BCUT2D eigenvalue weighted by atomic mass is 10.0. The van der Waals surface area contributed by atoms with Gasteiger partial charge in [0.2, 0.25) is 0 Å². The third-order valence-corrected chi connectivity index (χ3v) is 3.25. The Morgan fingerprint density at radius 1 is 1.71 bits per heavy atom. The molecule has 0 bridgehead atoms. The van der Waals surface area contributed by atoms with Crippen LogP contribution in [0.15, 0.2) is 16.6 Å². The number of benzene rings is 1. The Kier molecular flexibility index (Phi) is 3.40. The van der Waals surface area contributed by atoms with Gasteiger partial charge in [0.15, 0.2) is 0 Å². The quantitative estimate of drug-likeness (QED) is 0.891. The largest absolute Gasteiger partial charge is 0.490 e. The van der Waals surface area contributed by atoms with Gasteiger partial charge in [0.05, 0.1) is 0 Å². The lowest BCUT2D eigenvalue weighted by Crippen LogP contribution is -2.32. The molecule has 1 aromatic rings. The molecule has 0 fully saturated rings. The maximum absolute atomic E-state index is 10.8. The molecule has 0 aliphatic carbocycles. The van der Waals surface area contributed by atoms with Gasteiger partial charge in [-0.15, -0.1) is 0 Å². The van der Waals surface area contributed by atoms with Crippen molar-refractivity contribution < 1.29 is 14.6 Å². The SMILES string of the molecule is CC1Cc2cc(Br)cc(CC(N)C(=O)O)c2O1. The Hall–Kier alpha value is -1.07. The summed E-state index contributed by atoms with van der Waals surface area (Å²) in [6, 6.07) is 2.99. The Balaban J connectivity index is 2.32. The minimum Gasteiger partial charge on any atom is -0.490 e. The van der Waals surface area contributed by atoms with Gasteiger partial charge in [-0.1, -0.05) is 15.9 Å². The van der Waals surface area contributed by atoms with Crippen LogP contribution in [0.4, 0.5) is 0 Å². The summed E-state index contributed by atoms with van der Waals surface area (Å²) in [7, 11) is 0. The van der Waals surface area contributed by atoms with Crippen LogP contribution in [0.3, 0.4) is 0 Å². The molecule has 2 rings (SSSR count). The smallest absolute Gasteiger partial charge is 0.320 e. The molecule has 1 aliphatic heterocycles. The summed E-state index contributed by atoms with van der Waals surface area (Å²) in [6.07, 6.45) is 1.27. The highest BCUT2D eigenvalue weighted by Crippen LogP contribution is 2.35. The molecule has 0 amide bonds. The van der Waals surface area contributed by atoms with Crippen LogP contribution in [-0.4, -0.2) is 23.2 Å². The van der Waals surface area contributed by atoms with Crippen LogP contribution in [0, 0.1) is 0 Å². The standard InChI is InChI=1S/C12H14BrNO3/c1-6-2-7-3-9(13)4-8(11(7)17-6)5-10(14)12(15)16/h3-4,6,10H,2,5,14H2,1H3,(H,15,16). The zero-order chi connectivity index (χ0) is 12.6. The summed E-state index contributed by atoms with van der Waals surface area (Å²) in [6.45, 7) is 1.99. The van der Waals surface area contributed by atoms with E-state index in [2.05, 4.69) is 15.9 Å². The summed E-state index contributed by atoms with van der Waals surface area (Å²) in [5, 5.41) is 8.84. The molecule has 1 aromatic carbocycles. The highest BCUT2D eigenvalue weighted by molar-refractivity contribution is 9.10. The Labute approximate surface area is 108 Å². The van der Waals surface area contributed by atoms with Crippen molar-refractivity contribution in [3.8, 4) is 5.75 Å². The zero-order valence-corrected chi connectivity index (χ0v) is 11.0. The van der Waals surface area contributed by atoms with Crippen molar-refractivity contribution >= 4 is 21.9 Å². The predicted molar refractivity (Wildman–Crippen MR) is 67.3 cm³/mol. The monoisotopic (exact) mass is 299 g/mol. The first-order chi connectivity index (χ1) is 7.97. The normalized spacial score (nSPS) is 19.6. The molecule has 1 aliphatic rings. The zero-order valence-electron chi connectivity index (χ0n) is 9.44. The van der Waals surface area contributed by atoms with Gasteiger partial charge < -0.3 is 15.6 Å². The number of ether oxygens (including phenoxy) is 1. The van der Waals surface area contributed by atoms with E-state index in [-0.39, 0.29) is 12.5 Å². The lowest BCUT2D eigenvalue weighted by Gasteiger charge is -2.12. The second kappa shape index (κ2) is 4.66. The van der Waals surface area contributed by atoms with Crippen LogP contribution >= 0.6 is 15.9 Å². The van der Waals surface area contributed by atoms with Gasteiger partial charge in [-0.25, -0.2) is 0 Å². The van der Waals surface area contributed by atoms with E-state index in [1.54, 1.807) is 0 Å². The van der Waals surface area contributed by atoms with E-state index in [9.17, 15) is 4.79 Å². The Morgan fingerprint density at radius 2 is 2.41 bits per heavy atom. The fourth-order valence-electron chi connectivity index (χ4n) is 2.04. The van der Waals surface area contributed by atoms with Crippen molar-refractivity contribution in [1.82, 2.24) is 0 Å². The molecule has 1 heterocycles. The molecule has 17 heavy (non-hydrogen) atoms. The van der Waals surface area contributed by atoms with Crippen molar-refractivity contribution in [2.45, 2.75) is 31.9 Å². The van der Waals surface area contributed by atoms with Gasteiger partial charge >= 0.3 is 5.97 Å². The predicted octanol–water partition coefficient (Wildman–Crippen LogP) is 1.73. The van der Waals surface area contributed by atoms with Gasteiger partial charge in [0.25, 0.3) is 0 Å². The summed E-state index contributed by atoms with van der Waals surface area (Å²) in [4.78, 5) is 10.8. The topological polar surface area (TPSA) is 72.6 Å². The third kappa shape index (κ3) is 2.61. The minimum atomic E-state index is -0.996.